The lowest BCUT2D eigenvalue weighted by Crippen LogP contribution is -2.32. The molecule has 0 bridgehead atoms. The van der Waals surface area contributed by atoms with E-state index in [-0.39, 0.29) is 5.91 Å². The molecule has 2 aliphatic rings. The second kappa shape index (κ2) is 7.56. The fraction of sp³-hybridized carbons (Fsp3) is 0.650. The summed E-state index contributed by atoms with van der Waals surface area (Å²) in [6.07, 6.45) is 9.10. The first kappa shape index (κ1) is 17.3. The summed E-state index contributed by atoms with van der Waals surface area (Å²) >= 11 is 0. The largest absolute Gasteiger partial charge is 0.492 e. The molecule has 1 aromatic carbocycles. The molecule has 132 valence electrons. The number of nitrogens with zero attached hydrogens (tertiary/aromatic N) is 1. The lowest BCUT2D eigenvalue weighted by molar-refractivity contribution is 0.0767. The maximum absolute atomic E-state index is 12.9. The Labute approximate surface area is 145 Å². The van der Waals surface area contributed by atoms with Crippen molar-refractivity contribution in [2.45, 2.75) is 51.9 Å². The van der Waals surface area contributed by atoms with Crippen molar-refractivity contribution in [2.24, 2.45) is 11.1 Å². The molecule has 1 aromatic rings. The van der Waals surface area contributed by atoms with Gasteiger partial charge in [-0.05, 0) is 49.3 Å². The van der Waals surface area contributed by atoms with Gasteiger partial charge in [0, 0.05) is 25.2 Å². The summed E-state index contributed by atoms with van der Waals surface area (Å²) in [5, 5.41) is 0. The first-order valence-electron chi connectivity index (χ1n) is 9.36. The molecule has 2 fully saturated rings. The molecular weight excluding hydrogens is 300 g/mol. The Morgan fingerprint density at radius 2 is 1.96 bits per heavy atom. The second-order valence-corrected chi connectivity index (χ2v) is 7.51. The van der Waals surface area contributed by atoms with Crippen LogP contribution in [0.3, 0.4) is 0 Å². The fourth-order valence-corrected chi connectivity index (χ4v) is 4.24. The highest BCUT2D eigenvalue weighted by molar-refractivity contribution is 5.95. The SMILES string of the molecule is Cc1ccc(C(=O)N2CCC3(CCCCCC3)C2)cc1OCCN. The van der Waals surface area contributed by atoms with Crippen LogP contribution in [0.1, 0.15) is 60.9 Å². The van der Waals surface area contributed by atoms with Gasteiger partial charge in [0.2, 0.25) is 0 Å². The van der Waals surface area contributed by atoms with Crippen LogP contribution in [0.15, 0.2) is 18.2 Å². The molecule has 1 spiro atoms. The molecule has 1 aliphatic carbocycles. The minimum atomic E-state index is 0.147. The molecule has 0 radical (unpaired) electrons. The highest BCUT2D eigenvalue weighted by Crippen LogP contribution is 2.43. The number of likely N-dealkylation sites (tertiary alicyclic amines) is 1. The van der Waals surface area contributed by atoms with Crippen molar-refractivity contribution in [3.63, 3.8) is 0 Å². The predicted octanol–water partition coefficient (Wildman–Crippen LogP) is 3.52. The van der Waals surface area contributed by atoms with Gasteiger partial charge in [-0.1, -0.05) is 31.7 Å². The number of hydrogen-bond donors (Lipinski definition) is 1. The van der Waals surface area contributed by atoms with Gasteiger partial charge in [-0.15, -0.1) is 0 Å². The van der Waals surface area contributed by atoms with E-state index in [1.54, 1.807) is 0 Å². The second-order valence-electron chi connectivity index (χ2n) is 7.51. The number of carbonyl (C=O) groups is 1. The van der Waals surface area contributed by atoms with Gasteiger partial charge in [0.15, 0.2) is 0 Å². The molecule has 2 N–H and O–H groups in total. The van der Waals surface area contributed by atoms with Crippen LogP contribution in [0.5, 0.6) is 5.75 Å². The zero-order chi connectivity index (χ0) is 17.0. The zero-order valence-corrected chi connectivity index (χ0v) is 14.9. The minimum Gasteiger partial charge on any atom is -0.492 e. The van der Waals surface area contributed by atoms with Crippen molar-refractivity contribution < 1.29 is 9.53 Å². The van der Waals surface area contributed by atoms with Crippen molar-refractivity contribution >= 4 is 5.91 Å². The third-order valence-electron chi connectivity index (χ3n) is 5.70. The smallest absolute Gasteiger partial charge is 0.254 e. The van der Waals surface area contributed by atoms with Crippen LogP contribution < -0.4 is 10.5 Å². The number of amides is 1. The highest BCUT2D eigenvalue weighted by atomic mass is 16.5. The van der Waals surface area contributed by atoms with Crippen molar-refractivity contribution in [3.05, 3.63) is 29.3 Å². The van der Waals surface area contributed by atoms with Gasteiger partial charge in [-0.2, -0.15) is 0 Å². The van der Waals surface area contributed by atoms with Crippen molar-refractivity contribution in [3.8, 4) is 5.75 Å². The molecule has 1 saturated carbocycles. The predicted molar refractivity (Wildman–Crippen MR) is 96.4 cm³/mol. The van der Waals surface area contributed by atoms with E-state index >= 15 is 0 Å². The van der Waals surface area contributed by atoms with Crippen molar-refractivity contribution in [2.75, 3.05) is 26.2 Å². The Kier molecular flexibility index (Phi) is 5.44. The summed E-state index contributed by atoms with van der Waals surface area (Å²) < 4.78 is 5.67. The summed E-state index contributed by atoms with van der Waals surface area (Å²) in [4.78, 5) is 15.0. The summed E-state index contributed by atoms with van der Waals surface area (Å²) in [5.74, 6) is 0.920. The van der Waals surface area contributed by atoms with E-state index < -0.39 is 0 Å². The highest BCUT2D eigenvalue weighted by Gasteiger charge is 2.39. The molecule has 4 heteroatoms. The van der Waals surface area contributed by atoms with Crippen LogP contribution in [-0.2, 0) is 0 Å². The number of hydrogen-bond acceptors (Lipinski definition) is 3. The van der Waals surface area contributed by atoms with Crippen molar-refractivity contribution in [1.82, 2.24) is 4.90 Å². The zero-order valence-electron chi connectivity index (χ0n) is 14.9. The van der Waals surface area contributed by atoms with Gasteiger partial charge in [-0.3, -0.25) is 4.79 Å². The van der Waals surface area contributed by atoms with E-state index in [0.29, 0.717) is 18.6 Å². The molecule has 4 nitrogen and oxygen atoms in total. The van der Waals surface area contributed by atoms with E-state index in [0.717, 1.165) is 30.0 Å². The number of benzene rings is 1. The Morgan fingerprint density at radius 3 is 2.67 bits per heavy atom. The number of nitrogens with two attached hydrogens (primary N) is 1. The van der Waals surface area contributed by atoms with Gasteiger partial charge in [0.05, 0.1) is 0 Å². The number of rotatable bonds is 4. The summed E-state index contributed by atoms with van der Waals surface area (Å²) in [6.45, 7) is 4.78. The van der Waals surface area contributed by atoms with Gasteiger partial charge in [0.1, 0.15) is 12.4 Å². The molecule has 0 aromatic heterocycles. The molecule has 1 saturated heterocycles. The molecule has 0 unspecified atom stereocenters. The van der Waals surface area contributed by atoms with E-state index in [2.05, 4.69) is 4.90 Å². The lowest BCUT2D eigenvalue weighted by atomic mass is 9.80. The van der Waals surface area contributed by atoms with Crippen LogP contribution in [0.25, 0.3) is 0 Å². The van der Waals surface area contributed by atoms with Crippen LogP contribution >= 0.6 is 0 Å². The summed E-state index contributed by atoms with van der Waals surface area (Å²) in [5.41, 5.74) is 7.68. The molecule has 0 atom stereocenters. The van der Waals surface area contributed by atoms with Gasteiger partial charge >= 0.3 is 0 Å². The van der Waals surface area contributed by atoms with Crippen LogP contribution in [0.4, 0.5) is 0 Å². The van der Waals surface area contributed by atoms with E-state index in [4.69, 9.17) is 10.5 Å². The number of aryl methyl sites for hydroxylation is 1. The average Bonchev–Trinajstić information content (AvgIpc) is 2.86. The van der Waals surface area contributed by atoms with E-state index in [1.807, 2.05) is 25.1 Å². The molecule has 1 heterocycles. The topological polar surface area (TPSA) is 55.6 Å². The molecule has 3 rings (SSSR count). The van der Waals surface area contributed by atoms with Gasteiger partial charge < -0.3 is 15.4 Å². The Morgan fingerprint density at radius 1 is 1.21 bits per heavy atom. The standard InChI is InChI=1S/C20H30N2O2/c1-16-6-7-17(14-18(16)24-13-11-21)19(23)22-12-10-20(15-22)8-4-2-3-5-9-20/h6-7,14H,2-5,8-13,15,21H2,1H3. The summed E-state index contributed by atoms with van der Waals surface area (Å²) in [7, 11) is 0. The Bertz CT molecular complexity index is 577. The normalized spacial score (nSPS) is 20.2. The van der Waals surface area contributed by atoms with Crippen LogP contribution in [0, 0.1) is 12.3 Å². The quantitative estimate of drug-likeness (QED) is 0.919. The Balaban J connectivity index is 1.70. The van der Waals surface area contributed by atoms with Crippen molar-refractivity contribution in [1.29, 1.82) is 0 Å². The number of ether oxygens (including phenoxy) is 1. The maximum Gasteiger partial charge on any atom is 0.254 e. The first-order valence-corrected chi connectivity index (χ1v) is 9.36. The molecule has 1 amide bonds. The molecular formula is C20H30N2O2. The minimum absolute atomic E-state index is 0.147. The maximum atomic E-state index is 12.9. The summed E-state index contributed by atoms with van der Waals surface area (Å²) in [6, 6.07) is 5.77. The van der Waals surface area contributed by atoms with Crippen LogP contribution in [0.2, 0.25) is 0 Å². The van der Waals surface area contributed by atoms with E-state index in [1.165, 1.54) is 44.9 Å². The molecule has 24 heavy (non-hydrogen) atoms. The number of carbonyl (C=O) groups excluding carboxylic acids is 1. The van der Waals surface area contributed by atoms with Gasteiger partial charge in [-0.25, -0.2) is 0 Å². The monoisotopic (exact) mass is 330 g/mol. The van der Waals surface area contributed by atoms with E-state index in [9.17, 15) is 4.79 Å². The van der Waals surface area contributed by atoms with Gasteiger partial charge in [0.25, 0.3) is 5.91 Å². The lowest BCUT2D eigenvalue weighted by Gasteiger charge is -2.27. The molecule has 1 aliphatic heterocycles. The third kappa shape index (κ3) is 3.75. The fourth-order valence-electron chi connectivity index (χ4n) is 4.24. The third-order valence-corrected chi connectivity index (χ3v) is 5.70. The Hall–Kier alpha value is -1.55. The average molecular weight is 330 g/mol. The first-order chi connectivity index (χ1) is 11.6. The van der Waals surface area contributed by atoms with Crippen LogP contribution in [-0.4, -0.2) is 37.0 Å².